The lowest BCUT2D eigenvalue weighted by molar-refractivity contribution is -0.114. The van der Waals surface area contributed by atoms with Crippen molar-refractivity contribution >= 4 is 27.4 Å². The van der Waals surface area contributed by atoms with Gasteiger partial charge in [0.15, 0.2) is 0 Å². The molecule has 1 fully saturated rings. The van der Waals surface area contributed by atoms with Gasteiger partial charge in [-0.05, 0) is 38.1 Å². The van der Waals surface area contributed by atoms with Gasteiger partial charge < -0.3 is 15.0 Å². The molecule has 29 heavy (non-hydrogen) atoms. The SMILES string of the molecule is CCOc1cc(N2CCN(S(=O)(=O)c3ccc(NC(C)=O)cc3)CC2)nc(C)n1. The van der Waals surface area contributed by atoms with E-state index in [1.54, 1.807) is 25.1 Å². The highest BCUT2D eigenvalue weighted by Crippen LogP contribution is 2.23. The van der Waals surface area contributed by atoms with Crippen molar-refractivity contribution in [3.05, 3.63) is 36.2 Å². The maximum atomic E-state index is 12.9. The van der Waals surface area contributed by atoms with Crippen molar-refractivity contribution in [3.63, 3.8) is 0 Å². The highest BCUT2D eigenvalue weighted by atomic mass is 32.2. The minimum atomic E-state index is -3.60. The minimum Gasteiger partial charge on any atom is -0.478 e. The van der Waals surface area contributed by atoms with E-state index in [1.807, 2.05) is 11.8 Å². The first-order chi connectivity index (χ1) is 13.8. The second-order valence-electron chi connectivity index (χ2n) is 6.64. The van der Waals surface area contributed by atoms with Crippen LogP contribution >= 0.6 is 0 Å². The number of rotatable bonds is 6. The summed E-state index contributed by atoms with van der Waals surface area (Å²) in [6, 6.07) is 7.97. The molecule has 0 spiro atoms. The first-order valence-electron chi connectivity index (χ1n) is 9.41. The summed E-state index contributed by atoms with van der Waals surface area (Å²) in [6.07, 6.45) is 0. The second-order valence-corrected chi connectivity index (χ2v) is 8.58. The fourth-order valence-corrected chi connectivity index (χ4v) is 4.55. The van der Waals surface area contributed by atoms with E-state index in [4.69, 9.17) is 4.74 Å². The van der Waals surface area contributed by atoms with Gasteiger partial charge in [-0.15, -0.1) is 0 Å². The third-order valence-electron chi connectivity index (χ3n) is 4.47. The van der Waals surface area contributed by atoms with E-state index in [-0.39, 0.29) is 10.8 Å². The maximum Gasteiger partial charge on any atom is 0.243 e. The summed E-state index contributed by atoms with van der Waals surface area (Å²) in [5.74, 6) is 1.66. The lowest BCUT2D eigenvalue weighted by Gasteiger charge is -2.34. The summed E-state index contributed by atoms with van der Waals surface area (Å²) in [5.41, 5.74) is 0.561. The van der Waals surface area contributed by atoms with Gasteiger partial charge in [-0.25, -0.2) is 13.4 Å². The fraction of sp³-hybridized carbons (Fsp3) is 0.421. The lowest BCUT2D eigenvalue weighted by atomic mass is 10.3. The Balaban J connectivity index is 1.69. The zero-order chi connectivity index (χ0) is 21.0. The Morgan fingerprint density at radius 1 is 1.14 bits per heavy atom. The average Bonchev–Trinajstić information content (AvgIpc) is 2.68. The smallest absolute Gasteiger partial charge is 0.243 e. The number of carbonyl (C=O) groups is 1. The molecule has 9 nitrogen and oxygen atoms in total. The number of aromatic nitrogens is 2. The van der Waals surface area contributed by atoms with Crippen LogP contribution in [0.25, 0.3) is 0 Å². The summed E-state index contributed by atoms with van der Waals surface area (Å²) >= 11 is 0. The molecule has 1 N–H and O–H groups in total. The summed E-state index contributed by atoms with van der Waals surface area (Å²) < 4.78 is 32.8. The van der Waals surface area contributed by atoms with E-state index >= 15 is 0 Å². The number of piperazine rings is 1. The molecule has 1 aromatic heterocycles. The van der Waals surface area contributed by atoms with Crippen molar-refractivity contribution in [1.82, 2.24) is 14.3 Å². The minimum absolute atomic E-state index is 0.204. The van der Waals surface area contributed by atoms with Gasteiger partial charge in [0.25, 0.3) is 0 Å². The first-order valence-corrected chi connectivity index (χ1v) is 10.8. The Kier molecular flexibility index (Phi) is 6.33. The number of anilines is 2. The predicted octanol–water partition coefficient (Wildman–Crippen LogP) is 1.65. The van der Waals surface area contributed by atoms with Crippen molar-refractivity contribution in [2.75, 3.05) is 43.0 Å². The van der Waals surface area contributed by atoms with E-state index in [9.17, 15) is 13.2 Å². The van der Waals surface area contributed by atoms with E-state index in [2.05, 4.69) is 15.3 Å². The Morgan fingerprint density at radius 2 is 1.79 bits per heavy atom. The van der Waals surface area contributed by atoms with Gasteiger partial charge in [0.2, 0.25) is 21.8 Å². The second kappa shape index (κ2) is 8.75. The summed E-state index contributed by atoms with van der Waals surface area (Å²) in [7, 11) is -3.60. The Morgan fingerprint density at radius 3 is 2.38 bits per heavy atom. The van der Waals surface area contributed by atoms with Crippen molar-refractivity contribution < 1.29 is 17.9 Å². The molecular weight excluding hydrogens is 394 g/mol. The number of sulfonamides is 1. The topological polar surface area (TPSA) is 105 Å². The molecule has 1 aliphatic heterocycles. The van der Waals surface area contributed by atoms with Gasteiger partial charge in [0.05, 0.1) is 11.5 Å². The Hall–Kier alpha value is -2.72. The summed E-state index contributed by atoms with van der Waals surface area (Å²) in [6.45, 7) is 7.35. The van der Waals surface area contributed by atoms with Crippen molar-refractivity contribution in [2.24, 2.45) is 0 Å². The Labute approximate surface area is 170 Å². The molecule has 0 saturated carbocycles. The van der Waals surface area contributed by atoms with Crippen LogP contribution in [0.4, 0.5) is 11.5 Å². The van der Waals surface area contributed by atoms with Crippen LogP contribution in [0.3, 0.4) is 0 Å². The number of benzene rings is 1. The first kappa shape index (κ1) is 21.0. The third-order valence-corrected chi connectivity index (χ3v) is 6.38. The number of hydrogen-bond acceptors (Lipinski definition) is 7. The zero-order valence-corrected chi connectivity index (χ0v) is 17.6. The van der Waals surface area contributed by atoms with Crippen LogP contribution < -0.4 is 15.0 Å². The maximum absolute atomic E-state index is 12.9. The number of carbonyl (C=O) groups excluding carboxylic acids is 1. The molecule has 2 aromatic rings. The highest BCUT2D eigenvalue weighted by Gasteiger charge is 2.29. The molecule has 1 amide bonds. The number of aryl methyl sites for hydroxylation is 1. The van der Waals surface area contributed by atoms with Gasteiger partial charge in [0, 0.05) is 44.9 Å². The quantitative estimate of drug-likeness (QED) is 0.759. The van der Waals surface area contributed by atoms with Gasteiger partial charge in [-0.3, -0.25) is 4.79 Å². The zero-order valence-electron chi connectivity index (χ0n) is 16.8. The standard InChI is InChI=1S/C19H25N5O4S/c1-4-28-19-13-18(20-14(2)21-19)23-9-11-24(12-10-23)29(26,27)17-7-5-16(6-8-17)22-15(3)25/h5-8,13H,4,9-12H2,1-3H3,(H,22,25). The normalized spacial score (nSPS) is 15.2. The molecule has 0 atom stereocenters. The molecule has 0 aliphatic carbocycles. The van der Waals surface area contributed by atoms with E-state index in [0.29, 0.717) is 50.2 Å². The lowest BCUT2D eigenvalue weighted by Crippen LogP contribution is -2.49. The molecule has 0 unspecified atom stereocenters. The molecule has 0 bridgehead atoms. The monoisotopic (exact) mass is 419 g/mol. The van der Waals surface area contributed by atoms with E-state index in [1.165, 1.54) is 23.4 Å². The van der Waals surface area contributed by atoms with E-state index < -0.39 is 10.0 Å². The molecule has 1 aliphatic rings. The van der Waals surface area contributed by atoms with Crippen LogP contribution in [-0.4, -0.2) is 61.4 Å². The van der Waals surface area contributed by atoms with Gasteiger partial charge in [0.1, 0.15) is 11.6 Å². The molecule has 2 heterocycles. The number of amides is 1. The predicted molar refractivity (Wildman–Crippen MR) is 110 cm³/mol. The summed E-state index contributed by atoms with van der Waals surface area (Å²) in [5, 5.41) is 2.63. The number of ether oxygens (including phenoxy) is 1. The fourth-order valence-electron chi connectivity index (χ4n) is 3.13. The molecule has 156 valence electrons. The average molecular weight is 420 g/mol. The van der Waals surface area contributed by atoms with Crippen LogP contribution in [0.2, 0.25) is 0 Å². The van der Waals surface area contributed by atoms with Gasteiger partial charge in [-0.2, -0.15) is 9.29 Å². The van der Waals surface area contributed by atoms with Crippen LogP contribution in [0.15, 0.2) is 35.2 Å². The third kappa shape index (κ3) is 5.01. The Bertz CT molecular complexity index is 971. The number of nitrogens with one attached hydrogen (secondary N) is 1. The molecule has 1 aromatic carbocycles. The van der Waals surface area contributed by atoms with Gasteiger partial charge >= 0.3 is 0 Å². The van der Waals surface area contributed by atoms with Crippen LogP contribution in [0.1, 0.15) is 19.7 Å². The number of nitrogens with zero attached hydrogens (tertiary/aromatic N) is 4. The van der Waals surface area contributed by atoms with Crippen LogP contribution in [0.5, 0.6) is 5.88 Å². The number of hydrogen-bond donors (Lipinski definition) is 1. The van der Waals surface area contributed by atoms with Crippen molar-refractivity contribution in [2.45, 2.75) is 25.7 Å². The van der Waals surface area contributed by atoms with Gasteiger partial charge in [-0.1, -0.05) is 0 Å². The molecule has 1 saturated heterocycles. The largest absolute Gasteiger partial charge is 0.478 e. The summed E-state index contributed by atoms with van der Waals surface area (Å²) in [4.78, 5) is 22.0. The van der Waals surface area contributed by atoms with Crippen molar-refractivity contribution in [1.29, 1.82) is 0 Å². The van der Waals surface area contributed by atoms with Crippen LogP contribution in [0, 0.1) is 6.92 Å². The van der Waals surface area contributed by atoms with E-state index in [0.717, 1.165) is 5.82 Å². The molecule has 0 radical (unpaired) electrons. The molecule has 10 heteroatoms. The van der Waals surface area contributed by atoms with Crippen molar-refractivity contribution in [3.8, 4) is 5.88 Å². The highest BCUT2D eigenvalue weighted by molar-refractivity contribution is 7.89. The van der Waals surface area contributed by atoms with Crippen LogP contribution in [-0.2, 0) is 14.8 Å². The molecule has 3 rings (SSSR count). The molecular formula is C19H25N5O4S.